The number of nitrogens with two attached hydrogens (primary N) is 1. The second kappa shape index (κ2) is 9.59. The summed E-state index contributed by atoms with van der Waals surface area (Å²) in [6, 6.07) is 9.13. The van der Waals surface area contributed by atoms with Crippen LogP contribution in [0.2, 0.25) is 0 Å². The number of anilines is 1. The first kappa shape index (κ1) is 19.5. The van der Waals surface area contributed by atoms with E-state index in [1.54, 1.807) is 0 Å². The molecule has 1 aliphatic heterocycles. The van der Waals surface area contributed by atoms with Gasteiger partial charge in [0.1, 0.15) is 11.9 Å². The predicted molar refractivity (Wildman–Crippen MR) is 98.4 cm³/mol. The summed E-state index contributed by atoms with van der Waals surface area (Å²) in [5.41, 5.74) is 5.86. The Balaban J connectivity index is 0.000000189. The van der Waals surface area contributed by atoms with E-state index in [1.807, 2.05) is 18.3 Å². The smallest absolute Gasteiger partial charge is 0.320 e. The lowest BCUT2D eigenvalue weighted by Crippen LogP contribution is -2.43. The number of pyridine rings is 1. The maximum atomic E-state index is 10.4. The quantitative estimate of drug-likeness (QED) is 0.499. The number of carboxylic acids is 1. The van der Waals surface area contributed by atoms with Gasteiger partial charge in [0.25, 0.3) is 0 Å². The first-order valence-corrected chi connectivity index (χ1v) is 8.33. The molecule has 26 heavy (non-hydrogen) atoms. The zero-order valence-electron chi connectivity index (χ0n) is 14.4. The number of carbonyl (C=O) groups is 1. The van der Waals surface area contributed by atoms with Crippen LogP contribution in [0.4, 0.5) is 5.82 Å². The van der Waals surface area contributed by atoms with Gasteiger partial charge in [0.2, 0.25) is 0 Å². The third-order valence-corrected chi connectivity index (χ3v) is 3.90. The molecule has 0 radical (unpaired) electrons. The van der Waals surface area contributed by atoms with Gasteiger partial charge in [-0.05, 0) is 36.2 Å². The number of aliphatic carboxylic acids is 1. The summed E-state index contributed by atoms with van der Waals surface area (Å²) >= 11 is 0. The first-order chi connectivity index (χ1) is 12.5. The normalized spacial score (nSPS) is 14.9. The summed E-state index contributed by atoms with van der Waals surface area (Å²) in [6.45, 7) is 4.27. The van der Waals surface area contributed by atoms with Gasteiger partial charge in [0, 0.05) is 32.4 Å². The van der Waals surface area contributed by atoms with E-state index in [0.717, 1.165) is 32.0 Å². The van der Waals surface area contributed by atoms with Gasteiger partial charge in [-0.15, -0.1) is 0 Å². The van der Waals surface area contributed by atoms with E-state index >= 15 is 0 Å². The molecule has 8 heteroatoms. The molecule has 3 rings (SSSR count). The van der Waals surface area contributed by atoms with Crippen molar-refractivity contribution in [1.82, 2.24) is 10.3 Å². The number of benzene rings is 1. The lowest BCUT2D eigenvalue weighted by molar-refractivity contribution is -0.138. The Hall–Kier alpha value is -2.84. The molecule has 0 aliphatic carbocycles. The van der Waals surface area contributed by atoms with Gasteiger partial charge in [0.15, 0.2) is 11.5 Å². The fourth-order valence-electron chi connectivity index (χ4n) is 2.47. The monoisotopic (exact) mass is 360 g/mol. The number of aromatic nitrogens is 1. The van der Waals surface area contributed by atoms with Crippen molar-refractivity contribution in [3.8, 4) is 11.5 Å². The number of phenolic OH excluding ortho intramolecular Hbond substituents is 2. The molecule has 8 nitrogen and oxygen atoms in total. The van der Waals surface area contributed by atoms with Crippen LogP contribution >= 0.6 is 0 Å². The Morgan fingerprint density at radius 2 is 1.92 bits per heavy atom. The van der Waals surface area contributed by atoms with Crippen LogP contribution in [0.3, 0.4) is 0 Å². The van der Waals surface area contributed by atoms with Crippen molar-refractivity contribution in [2.75, 3.05) is 31.1 Å². The maximum absolute atomic E-state index is 10.4. The van der Waals surface area contributed by atoms with E-state index in [2.05, 4.69) is 21.3 Å². The molecule has 1 saturated heterocycles. The van der Waals surface area contributed by atoms with Crippen molar-refractivity contribution in [3.63, 3.8) is 0 Å². The van der Waals surface area contributed by atoms with Crippen LogP contribution in [0.15, 0.2) is 42.6 Å². The first-order valence-electron chi connectivity index (χ1n) is 8.33. The Labute approximate surface area is 151 Å². The summed E-state index contributed by atoms with van der Waals surface area (Å²) in [7, 11) is 0. The van der Waals surface area contributed by atoms with Crippen LogP contribution in [0.5, 0.6) is 11.5 Å². The number of rotatable bonds is 4. The molecule has 140 valence electrons. The van der Waals surface area contributed by atoms with E-state index in [0.29, 0.717) is 5.56 Å². The Bertz CT molecular complexity index is 706. The standard InChI is InChI=1S/C9H13N3.C9H11NO4/c1-2-4-11-9(3-1)12-7-5-10-6-8-12;10-6(9(13)14)3-5-1-2-7(11)8(12)4-5/h1-4,10H,5-8H2;1-2,4,6,11-12H,3,10H2,(H,13,14)/t;6-/m.0/s1. The zero-order valence-corrected chi connectivity index (χ0v) is 14.4. The van der Waals surface area contributed by atoms with Gasteiger partial charge in [-0.3, -0.25) is 4.79 Å². The second-order valence-corrected chi connectivity index (χ2v) is 5.90. The molecule has 1 aromatic heterocycles. The molecular formula is C18H24N4O4. The Morgan fingerprint density at radius 3 is 2.50 bits per heavy atom. The zero-order chi connectivity index (χ0) is 18.9. The van der Waals surface area contributed by atoms with Crippen molar-refractivity contribution >= 4 is 11.8 Å². The summed E-state index contributed by atoms with van der Waals surface area (Å²) in [6.07, 6.45) is 1.96. The summed E-state index contributed by atoms with van der Waals surface area (Å²) in [5.74, 6) is -0.519. The number of hydrogen-bond donors (Lipinski definition) is 5. The van der Waals surface area contributed by atoms with Crippen molar-refractivity contribution < 1.29 is 20.1 Å². The molecular weight excluding hydrogens is 336 g/mol. The van der Waals surface area contributed by atoms with Gasteiger partial charge in [-0.1, -0.05) is 12.1 Å². The van der Waals surface area contributed by atoms with Gasteiger partial charge >= 0.3 is 5.97 Å². The average Bonchev–Trinajstić information content (AvgIpc) is 2.66. The van der Waals surface area contributed by atoms with Crippen LogP contribution in [-0.2, 0) is 11.2 Å². The number of hydrogen-bond acceptors (Lipinski definition) is 7. The maximum Gasteiger partial charge on any atom is 0.320 e. The van der Waals surface area contributed by atoms with Crippen molar-refractivity contribution in [2.24, 2.45) is 5.73 Å². The van der Waals surface area contributed by atoms with Gasteiger partial charge in [-0.25, -0.2) is 4.98 Å². The van der Waals surface area contributed by atoms with E-state index in [-0.39, 0.29) is 17.9 Å². The van der Waals surface area contributed by atoms with Crippen LogP contribution in [0.25, 0.3) is 0 Å². The van der Waals surface area contributed by atoms with Crippen molar-refractivity contribution in [1.29, 1.82) is 0 Å². The number of carboxylic acid groups (broad SMARTS) is 1. The number of aromatic hydroxyl groups is 2. The Kier molecular flexibility index (Phi) is 7.19. The highest BCUT2D eigenvalue weighted by Crippen LogP contribution is 2.25. The Morgan fingerprint density at radius 1 is 1.19 bits per heavy atom. The third kappa shape index (κ3) is 5.91. The fraction of sp³-hybridized carbons (Fsp3) is 0.333. The molecule has 0 spiro atoms. The molecule has 2 aromatic rings. The number of phenols is 2. The topological polar surface area (TPSA) is 132 Å². The number of piperazine rings is 1. The van der Waals surface area contributed by atoms with E-state index in [9.17, 15) is 4.79 Å². The third-order valence-electron chi connectivity index (χ3n) is 3.90. The minimum absolute atomic E-state index is 0.114. The largest absolute Gasteiger partial charge is 0.504 e. The van der Waals surface area contributed by atoms with Crippen LogP contribution in [0.1, 0.15) is 5.56 Å². The van der Waals surface area contributed by atoms with Crippen LogP contribution < -0.4 is 16.0 Å². The van der Waals surface area contributed by atoms with Crippen LogP contribution in [0, 0.1) is 0 Å². The van der Waals surface area contributed by atoms with E-state index in [1.165, 1.54) is 18.2 Å². The summed E-state index contributed by atoms with van der Waals surface area (Å²) < 4.78 is 0. The summed E-state index contributed by atoms with van der Waals surface area (Å²) in [4.78, 5) is 17.0. The molecule has 1 aromatic carbocycles. The lowest BCUT2D eigenvalue weighted by Gasteiger charge is -2.28. The minimum Gasteiger partial charge on any atom is -0.504 e. The molecule has 1 fully saturated rings. The second-order valence-electron chi connectivity index (χ2n) is 5.90. The predicted octanol–water partition coefficient (Wildman–Crippen LogP) is 0.543. The molecule has 1 atom stereocenters. The van der Waals surface area contributed by atoms with Crippen molar-refractivity contribution in [2.45, 2.75) is 12.5 Å². The average molecular weight is 360 g/mol. The SMILES string of the molecule is N[C@@H](Cc1ccc(O)c(O)c1)C(=O)O.c1ccc(N2CCNCC2)nc1. The molecule has 0 saturated carbocycles. The van der Waals surface area contributed by atoms with E-state index < -0.39 is 12.0 Å². The molecule has 6 N–H and O–H groups in total. The fourth-order valence-corrected chi connectivity index (χ4v) is 2.47. The minimum atomic E-state index is -1.10. The van der Waals surface area contributed by atoms with Gasteiger partial charge in [0.05, 0.1) is 0 Å². The molecule has 0 amide bonds. The van der Waals surface area contributed by atoms with Gasteiger partial charge in [-0.2, -0.15) is 0 Å². The summed E-state index contributed by atoms with van der Waals surface area (Å²) in [5, 5.41) is 29.9. The number of nitrogens with zero attached hydrogens (tertiary/aromatic N) is 2. The van der Waals surface area contributed by atoms with Crippen molar-refractivity contribution in [3.05, 3.63) is 48.2 Å². The highest BCUT2D eigenvalue weighted by molar-refractivity contribution is 5.73. The van der Waals surface area contributed by atoms with Gasteiger partial charge < -0.3 is 31.3 Å². The van der Waals surface area contributed by atoms with E-state index in [4.69, 9.17) is 21.1 Å². The highest BCUT2D eigenvalue weighted by Gasteiger charge is 2.13. The number of nitrogens with one attached hydrogen (secondary N) is 1. The molecule has 2 heterocycles. The molecule has 0 bridgehead atoms. The highest BCUT2D eigenvalue weighted by atomic mass is 16.4. The van der Waals surface area contributed by atoms with Crippen LogP contribution in [-0.4, -0.2) is 58.5 Å². The lowest BCUT2D eigenvalue weighted by atomic mass is 10.1. The molecule has 1 aliphatic rings. The molecule has 0 unspecified atom stereocenters.